The Hall–Kier alpha value is -0.390. The van der Waals surface area contributed by atoms with Crippen LogP contribution in [0.15, 0.2) is 11.7 Å². The topological polar surface area (TPSA) is 0 Å². The van der Waals surface area contributed by atoms with E-state index in [4.69, 9.17) is 0 Å². The average molecular weight is 246 g/mol. The van der Waals surface area contributed by atoms with Crippen LogP contribution in [-0.4, -0.2) is 18.0 Å². The minimum Gasteiger partial charge on any atom is -0.221 e. The van der Waals surface area contributed by atoms with Crippen LogP contribution in [-0.2, 0) is 0 Å². The van der Waals surface area contributed by atoms with Crippen LogP contribution in [0, 0.1) is 0 Å². The van der Waals surface area contributed by atoms with E-state index in [9.17, 15) is 35.1 Å². The van der Waals surface area contributed by atoms with Gasteiger partial charge in [-0.2, -0.15) is 13.2 Å². The number of halogens is 8. The van der Waals surface area contributed by atoms with Crippen molar-refractivity contribution in [2.75, 3.05) is 0 Å². The summed E-state index contributed by atoms with van der Waals surface area (Å²) in [6, 6.07) is 0. The summed E-state index contributed by atoms with van der Waals surface area (Å²) in [5.74, 6) is -6.26. The molecular weight excluding hydrogens is 243 g/mol. The molecule has 2 atom stereocenters. The minimum atomic E-state index is -5.83. The van der Waals surface area contributed by atoms with E-state index < -0.39 is 29.7 Å². The number of hydrogen-bond donors (Lipinski definition) is 0. The van der Waals surface area contributed by atoms with Gasteiger partial charge in [-0.15, -0.1) is 0 Å². The Bertz CT molecular complexity index is 239. The molecule has 0 N–H and O–H groups in total. The van der Waals surface area contributed by atoms with Gasteiger partial charge in [0.25, 0.3) is 11.8 Å². The van der Waals surface area contributed by atoms with E-state index in [1.165, 1.54) is 0 Å². The molecule has 0 saturated heterocycles. The molecule has 0 bridgehead atoms. The molecule has 0 heterocycles. The molecule has 0 nitrogen and oxygen atoms in total. The minimum absolute atomic E-state index is 0.292. The Kier molecular flexibility index (Phi) is 3.89. The van der Waals surface area contributed by atoms with Crippen molar-refractivity contribution in [1.82, 2.24) is 0 Å². The lowest BCUT2D eigenvalue weighted by molar-refractivity contribution is -0.188. The maximum Gasteiger partial charge on any atom is 0.432 e. The average Bonchev–Trinajstić information content (AvgIpc) is 1.99. The van der Waals surface area contributed by atoms with Crippen molar-refractivity contribution in [1.29, 1.82) is 0 Å². The van der Waals surface area contributed by atoms with Gasteiger partial charge in [0.1, 0.15) is 0 Å². The molecule has 0 amide bonds. The lowest BCUT2D eigenvalue weighted by atomic mass is 10.3. The zero-order valence-corrected chi connectivity index (χ0v) is 7.33. The summed E-state index contributed by atoms with van der Waals surface area (Å²) in [6.45, 7) is 0. The molecule has 0 aromatic heterocycles. The van der Waals surface area contributed by atoms with Crippen LogP contribution in [0.1, 0.15) is 0 Å². The molecule has 0 aromatic carbocycles. The molecule has 0 saturated carbocycles. The van der Waals surface area contributed by atoms with Gasteiger partial charge in [0.2, 0.25) is 5.83 Å². The number of rotatable bonds is 2. The van der Waals surface area contributed by atoms with E-state index in [-0.39, 0.29) is 0 Å². The Labute approximate surface area is 75.2 Å². The third-order valence-electron chi connectivity index (χ3n) is 1.13. The summed E-state index contributed by atoms with van der Waals surface area (Å²) < 4.78 is 94.2. The van der Waals surface area contributed by atoms with Crippen LogP contribution in [0.25, 0.3) is 0 Å². The van der Waals surface area contributed by atoms with Crippen molar-refractivity contribution in [2.45, 2.75) is 18.0 Å². The molecule has 84 valence electrons. The first-order chi connectivity index (χ1) is 6.01. The largest absolute Gasteiger partial charge is 0.432 e. The van der Waals surface area contributed by atoms with Gasteiger partial charge >= 0.3 is 6.18 Å². The van der Waals surface area contributed by atoms with Crippen LogP contribution >= 0.6 is 9.24 Å². The standard InChI is InChI=1S/C5H3F8P/c6-1(3(8)9)2(7)4(10,14)5(11,12)13/h3H,14H2/b2-1+. The normalized spacial score (nSPS) is 19.3. The van der Waals surface area contributed by atoms with E-state index >= 15 is 0 Å². The second-order valence-corrected chi connectivity index (χ2v) is 2.97. The summed E-state index contributed by atoms with van der Waals surface area (Å²) in [4.78, 5) is 0. The van der Waals surface area contributed by atoms with Gasteiger partial charge in [0.05, 0.1) is 0 Å². The fourth-order valence-electron chi connectivity index (χ4n) is 0.394. The Morgan fingerprint density at radius 3 is 1.57 bits per heavy atom. The first kappa shape index (κ1) is 13.6. The van der Waals surface area contributed by atoms with Gasteiger partial charge in [-0.05, 0) is 0 Å². The maximum atomic E-state index is 12.4. The molecule has 0 rings (SSSR count). The maximum absolute atomic E-state index is 12.4. The molecule has 0 aliphatic carbocycles. The van der Waals surface area contributed by atoms with Crippen LogP contribution in [0.3, 0.4) is 0 Å². The summed E-state index contributed by atoms with van der Waals surface area (Å²) >= 11 is 0. The number of alkyl halides is 6. The van der Waals surface area contributed by atoms with Crippen molar-refractivity contribution in [3.05, 3.63) is 11.7 Å². The molecule has 0 aromatic rings. The quantitative estimate of drug-likeness (QED) is 0.516. The Morgan fingerprint density at radius 2 is 1.36 bits per heavy atom. The number of hydrogen-bond acceptors (Lipinski definition) is 0. The summed E-state index contributed by atoms with van der Waals surface area (Å²) in [6.07, 6.45) is -9.96. The smallest absolute Gasteiger partial charge is 0.221 e. The SMILES string of the molecule is F/C(=C(/F)C(F)(P)C(F)(F)F)C(F)F. The van der Waals surface area contributed by atoms with Crippen LogP contribution in [0.2, 0.25) is 0 Å². The number of allylic oxidation sites excluding steroid dienone is 2. The summed E-state index contributed by atoms with van der Waals surface area (Å²) in [5.41, 5.74) is 0. The third kappa shape index (κ3) is 2.56. The predicted octanol–water partition coefficient (Wildman–Crippen LogP) is 3.51. The van der Waals surface area contributed by atoms with E-state index in [0.29, 0.717) is 9.24 Å². The molecule has 0 aliphatic heterocycles. The first-order valence-corrected chi connectivity index (χ1v) is 3.48. The predicted molar refractivity (Wildman–Crippen MR) is 34.9 cm³/mol. The van der Waals surface area contributed by atoms with Gasteiger partial charge in [-0.3, -0.25) is 0 Å². The highest BCUT2D eigenvalue weighted by Crippen LogP contribution is 2.47. The zero-order valence-electron chi connectivity index (χ0n) is 6.18. The first-order valence-electron chi connectivity index (χ1n) is 2.90. The monoisotopic (exact) mass is 246 g/mol. The van der Waals surface area contributed by atoms with Gasteiger partial charge in [0.15, 0.2) is 5.83 Å². The molecule has 0 radical (unpaired) electrons. The van der Waals surface area contributed by atoms with Gasteiger partial charge in [-0.25, -0.2) is 22.0 Å². The van der Waals surface area contributed by atoms with Crippen molar-refractivity contribution < 1.29 is 35.1 Å². The molecular formula is C5H3F8P. The van der Waals surface area contributed by atoms with Gasteiger partial charge < -0.3 is 0 Å². The van der Waals surface area contributed by atoms with Crippen molar-refractivity contribution in [2.24, 2.45) is 0 Å². The van der Waals surface area contributed by atoms with Crippen LogP contribution in [0.5, 0.6) is 0 Å². The Balaban J connectivity index is 5.22. The van der Waals surface area contributed by atoms with Crippen LogP contribution in [0.4, 0.5) is 35.1 Å². The molecule has 0 spiro atoms. The highest BCUT2D eigenvalue weighted by atomic mass is 31.0. The highest BCUT2D eigenvalue weighted by molar-refractivity contribution is 7.19. The van der Waals surface area contributed by atoms with Gasteiger partial charge in [0, 0.05) is 0 Å². The Morgan fingerprint density at radius 1 is 1.00 bits per heavy atom. The van der Waals surface area contributed by atoms with Crippen molar-refractivity contribution in [3.63, 3.8) is 0 Å². The zero-order chi connectivity index (χ0) is 11.7. The van der Waals surface area contributed by atoms with E-state index in [0.717, 1.165) is 0 Å². The molecule has 9 heteroatoms. The lowest BCUT2D eigenvalue weighted by Gasteiger charge is -2.21. The van der Waals surface area contributed by atoms with Crippen molar-refractivity contribution >= 4 is 9.24 Å². The van der Waals surface area contributed by atoms with E-state index in [1.54, 1.807) is 0 Å². The molecule has 0 aliphatic rings. The van der Waals surface area contributed by atoms with E-state index in [1.807, 2.05) is 0 Å². The summed E-state index contributed by atoms with van der Waals surface area (Å²) in [5, 5.41) is -4.83. The molecule has 2 unspecified atom stereocenters. The second-order valence-electron chi connectivity index (χ2n) is 2.17. The van der Waals surface area contributed by atoms with Crippen LogP contribution < -0.4 is 0 Å². The molecule has 14 heavy (non-hydrogen) atoms. The molecule has 0 fully saturated rings. The lowest BCUT2D eigenvalue weighted by Crippen LogP contribution is -2.36. The summed E-state index contributed by atoms with van der Waals surface area (Å²) in [7, 11) is 0.292. The third-order valence-corrected chi connectivity index (χ3v) is 1.71. The fourth-order valence-corrected chi connectivity index (χ4v) is 0.532. The van der Waals surface area contributed by atoms with Gasteiger partial charge in [-0.1, -0.05) is 9.24 Å². The van der Waals surface area contributed by atoms with Crippen molar-refractivity contribution in [3.8, 4) is 0 Å². The fraction of sp³-hybridized carbons (Fsp3) is 0.600. The van der Waals surface area contributed by atoms with E-state index in [2.05, 4.69) is 0 Å². The second kappa shape index (κ2) is 4.00. The highest BCUT2D eigenvalue weighted by Gasteiger charge is 2.58.